The molecule has 13 heteroatoms. The Morgan fingerprint density at radius 3 is 2.00 bits per heavy atom. The average molecular weight is 603 g/mol. The molecule has 168 valence electrons. The SMILES string of the molecule is Cc1c(NC(=O)COC(=O)CN2C(=O)c3c(Cl)c(Cl)c(Cl)c(Cl)c3C2=O)ccc(Br)c1Cl. The quantitative estimate of drug-likeness (QED) is 0.202. The molecular weight excluding hydrogens is 593 g/mol. The molecule has 1 aliphatic heterocycles. The van der Waals surface area contributed by atoms with E-state index < -0.39 is 36.8 Å². The highest BCUT2D eigenvalue weighted by Crippen LogP contribution is 2.44. The van der Waals surface area contributed by atoms with Crippen molar-refractivity contribution in [2.75, 3.05) is 18.5 Å². The number of ether oxygens (including phenoxy) is 1. The van der Waals surface area contributed by atoms with Crippen LogP contribution in [0.5, 0.6) is 0 Å². The third-order valence-electron chi connectivity index (χ3n) is 4.45. The molecule has 0 radical (unpaired) electrons. The van der Waals surface area contributed by atoms with Crippen molar-refractivity contribution in [3.8, 4) is 0 Å². The van der Waals surface area contributed by atoms with Gasteiger partial charge in [-0.3, -0.25) is 24.1 Å². The molecule has 0 aliphatic carbocycles. The van der Waals surface area contributed by atoms with Crippen molar-refractivity contribution >= 4 is 103 Å². The fourth-order valence-electron chi connectivity index (χ4n) is 2.83. The van der Waals surface area contributed by atoms with Crippen LogP contribution in [0.1, 0.15) is 26.3 Å². The normalized spacial score (nSPS) is 12.8. The number of carbonyl (C=O) groups is 4. The van der Waals surface area contributed by atoms with Crippen LogP contribution in [0.3, 0.4) is 0 Å². The Labute approximate surface area is 214 Å². The zero-order valence-electron chi connectivity index (χ0n) is 15.8. The van der Waals surface area contributed by atoms with E-state index in [1.807, 2.05) is 0 Å². The zero-order chi connectivity index (χ0) is 23.9. The van der Waals surface area contributed by atoms with Gasteiger partial charge in [0.25, 0.3) is 17.7 Å². The van der Waals surface area contributed by atoms with E-state index in [9.17, 15) is 19.2 Å². The van der Waals surface area contributed by atoms with E-state index in [-0.39, 0.29) is 31.2 Å². The van der Waals surface area contributed by atoms with Gasteiger partial charge < -0.3 is 10.1 Å². The van der Waals surface area contributed by atoms with Crippen molar-refractivity contribution in [3.05, 3.63) is 58.4 Å². The van der Waals surface area contributed by atoms with E-state index in [1.165, 1.54) is 0 Å². The molecule has 0 saturated carbocycles. The van der Waals surface area contributed by atoms with Gasteiger partial charge in [-0.2, -0.15) is 0 Å². The number of fused-ring (bicyclic) bond motifs is 1. The third kappa shape index (κ3) is 4.58. The van der Waals surface area contributed by atoms with E-state index >= 15 is 0 Å². The van der Waals surface area contributed by atoms with Crippen LogP contribution in [0.15, 0.2) is 16.6 Å². The second-order valence-corrected chi connectivity index (χ2v) is 9.19. The summed E-state index contributed by atoms with van der Waals surface area (Å²) in [6.07, 6.45) is 0. The Bertz CT molecular complexity index is 1160. The number of amides is 3. The Balaban J connectivity index is 1.66. The van der Waals surface area contributed by atoms with E-state index in [0.717, 1.165) is 0 Å². The van der Waals surface area contributed by atoms with Crippen LogP contribution in [0.25, 0.3) is 0 Å². The summed E-state index contributed by atoms with van der Waals surface area (Å²) in [5, 5.41) is 2.08. The topological polar surface area (TPSA) is 92.8 Å². The van der Waals surface area contributed by atoms with Crippen molar-refractivity contribution in [1.82, 2.24) is 4.90 Å². The first-order valence-electron chi connectivity index (χ1n) is 8.57. The molecule has 7 nitrogen and oxygen atoms in total. The zero-order valence-corrected chi connectivity index (χ0v) is 21.2. The summed E-state index contributed by atoms with van der Waals surface area (Å²) in [5.74, 6) is -3.44. The Hall–Kier alpha value is -1.55. The van der Waals surface area contributed by atoms with Crippen LogP contribution in [0.2, 0.25) is 25.1 Å². The minimum Gasteiger partial charge on any atom is -0.454 e. The van der Waals surface area contributed by atoms with Crippen LogP contribution in [0.4, 0.5) is 5.69 Å². The molecule has 1 N–H and O–H groups in total. The van der Waals surface area contributed by atoms with E-state index in [0.29, 0.717) is 25.6 Å². The molecule has 3 rings (SSSR count). The summed E-state index contributed by atoms with van der Waals surface area (Å²) < 4.78 is 5.54. The number of nitrogens with zero attached hydrogens (tertiary/aromatic N) is 1. The van der Waals surface area contributed by atoms with Crippen LogP contribution in [-0.4, -0.2) is 41.7 Å². The number of carbonyl (C=O) groups excluding carboxylic acids is 4. The number of esters is 1. The van der Waals surface area contributed by atoms with E-state index in [4.69, 9.17) is 62.7 Å². The van der Waals surface area contributed by atoms with Crippen LogP contribution in [-0.2, 0) is 14.3 Å². The second kappa shape index (κ2) is 9.75. The number of benzene rings is 2. The standard InChI is InChI=1S/C19H10BrCl5N2O5/c1-6-8(3-2-7(20)13(6)21)26-9(28)5-32-10(29)4-27-18(30)11-12(19(27)31)15(23)17(25)16(24)14(11)22/h2-3H,4-5H2,1H3,(H,26,28). The first-order chi connectivity index (χ1) is 15.0. The summed E-state index contributed by atoms with van der Waals surface area (Å²) in [4.78, 5) is 50.1. The molecule has 32 heavy (non-hydrogen) atoms. The molecule has 1 aliphatic rings. The predicted octanol–water partition coefficient (Wildman–Crippen LogP) is 5.80. The van der Waals surface area contributed by atoms with Gasteiger partial charge in [0.15, 0.2) is 6.61 Å². The number of hydrogen-bond acceptors (Lipinski definition) is 5. The molecular formula is C19H10BrCl5N2O5. The number of nitrogens with one attached hydrogen (secondary N) is 1. The second-order valence-electron chi connectivity index (χ2n) is 6.45. The number of anilines is 1. The minimum atomic E-state index is -1.01. The molecule has 0 saturated heterocycles. The van der Waals surface area contributed by atoms with Crippen molar-refractivity contribution in [3.63, 3.8) is 0 Å². The minimum absolute atomic E-state index is 0.192. The lowest BCUT2D eigenvalue weighted by atomic mass is 10.1. The smallest absolute Gasteiger partial charge is 0.326 e. The molecule has 0 aromatic heterocycles. The monoisotopic (exact) mass is 600 g/mol. The van der Waals surface area contributed by atoms with Crippen molar-refractivity contribution in [2.24, 2.45) is 0 Å². The summed E-state index contributed by atoms with van der Waals surface area (Å²) in [6, 6.07) is 3.27. The molecule has 2 aromatic carbocycles. The number of imide groups is 1. The summed E-state index contributed by atoms with van der Waals surface area (Å²) in [5.41, 5.74) is 0.517. The fraction of sp³-hybridized carbons (Fsp3) is 0.158. The molecule has 0 fully saturated rings. The molecule has 1 heterocycles. The van der Waals surface area contributed by atoms with Gasteiger partial charge in [-0.05, 0) is 40.5 Å². The molecule has 0 spiro atoms. The third-order valence-corrected chi connectivity index (χ3v) is 7.63. The van der Waals surface area contributed by atoms with E-state index in [1.54, 1.807) is 19.1 Å². The van der Waals surface area contributed by atoms with Crippen molar-refractivity contribution in [2.45, 2.75) is 6.92 Å². The summed E-state index contributed by atoms with van der Waals surface area (Å²) >= 11 is 33.3. The van der Waals surface area contributed by atoms with Crippen LogP contribution >= 0.6 is 73.9 Å². The highest BCUT2D eigenvalue weighted by molar-refractivity contribution is 9.10. The lowest BCUT2D eigenvalue weighted by Crippen LogP contribution is -2.36. The van der Waals surface area contributed by atoms with Gasteiger partial charge in [0.05, 0.1) is 36.2 Å². The summed E-state index contributed by atoms with van der Waals surface area (Å²) in [6.45, 7) is 0.269. The maximum Gasteiger partial charge on any atom is 0.326 e. The van der Waals surface area contributed by atoms with Crippen molar-refractivity contribution in [1.29, 1.82) is 0 Å². The van der Waals surface area contributed by atoms with Gasteiger partial charge in [0, 0.05) is 10.2 Å². The van der Waals surface area contributed by atoms with E-state index in [2.05, 4.69) is 21.2 Å². The predicted molar refractivity (Wildman–Crippen MR) is 125 cm³/mol. The van der Waals surface area contributed by atoms with Crippen LogP contribution in [0, 0.1) is 6.92 Å². The largest absolute Gasteiger partial charge is 0.454 e. The number of hydrogen-bond donors (Lipinski definition) is 1. The Kier molecular flexibility index (Phi) is 7.64. The van der Waals surface area contributed by atoms with Gasteiger partial charge >= 0.3 is 5.97 Å². The lowest BCUT2D eigenvalue weighted by molar-refractivity contribution is -0.147. The fourth-order valence-corrected chi connectivity index (χ4v) is 4.44. The van der Waals surface area contributed by atoms with Gasteiger partial charge in [-0.25, -0.2) is 0 Å². The molecule has 3 amide bonds. The average Bonchev–Trinajstić information content (AvgIpc) is 3.00. The van der Waals surface area contributed by atoms with Crippen molar-refractivity contribution < 1.29 is 23.9 Å². The Morgan fingerprint density at radius 2 is 1.47 bits per heavy atom. The van der Waals surface area contributed by atoms with Crippen LogP contribution < -0.4 is 5.32 Å². The highest BCUT2D eigenvalue weighted by atomic mass is 79.9. The summed E-state index contributed by atoms with van der Waals surface area (Å²) in [7, 11) is 0. The molecule has 2 aromatic rings. The van der Waals surface area contributed by atoms with Gasteiger partial charge in [-0.1, -0.05) is 58.0 Å². The maximum atomic E-state index is 12.6. The number of halogens is 6. The lowest BCUT2D eigenvalue weighted by Gasteiger charge is -2.14. The van der Waals surface area contributed by atoms with Gasteiger partial charge in [-0.15, -0.1) is 0 Å². The molecule has 0 bridgehead atoms. The highest BCUT2D eigenvalue weighted by Gasteiger charge is 2.42. The first-order valence-corrected chi connectivity index (χ1v) is 11.3. The Morgan fingerprint density at radius 1 is 0.938 bits per heavy atom. The first kappa shape index (κ1) is 25.1. The number of rotatable bonds is 5. The van der Waals surface area contributed by atoms with Gasteiger partial charge in [0.2, 0.25) is 0 Å². The molecule has 0 atom stereocenters. The molecule has 0 unspecified atom stereocenters. The maximum absolute atomic E-state index is 12.6. The van der Waals surface area contributed by atoms with Gasteiger partial charge in [0.1, 0.15) is 6.54 Å².